The molecule has 0 amide bonds. The van der Waals surface area contributed by atoms with E-state index in [1.165, 1.54) is 16.7 Å². The monoisotopic (exact) mass is 272 g/mol. The molecule has 0 saturated carbocycles. The summed E-state index contributed by atoms with van der Waals surface area (Å²) in [5.41, 5.74) is 3.76. The standard InChI is InChI=1S/C15H13Br/c1-2-5-12-8-10-13(11-9-12)14-6-3-4-7-15(14)16/h2-4,6-11H,1,5H2. The van der Waals surface area contributed by atoms with Crippen molar-refractivity contribution in [2.75, 3.05) is 0 Å². The predicted molar refractivity (Wildman–Crippen MR) is 73.5 cm³/mol. The van der Waals surface area contributed by atoms with Crippen LogP contribution in [0.5, 0.6) is 0 Å². The van der Waals surface area contributed by atoms with Gasteiger partial charge in [-0.25, -0.2) is 0 Å². The highest BCUT2D eigenvalue weighted by Gasteiger charge is 2.01. The summed E-state index contributed by atoms with van der Waals surface area (Å²) in [6, 6.07) is 16.9. The molecular weight excluding hydrogens is 260 g/mol. The van der Waals surface area contributed by atoms with Gasteiger partial charge in [0.1, 0.15) is 0 Å². The molecule has 0 unspecified atom stereocenters. The van der Waals surface area contributed by atoms with E-state index in [2.05, 4.69) is 65.0 Å². The van der Waals surface area contributed by atoms with Crippen LogP contribution in [0.25, 0.3) is 11.1 Å². The van der Waals surface area contributed by atoms with Gasteiger partial charge in [0.25, 0.3) is 0 Å². The summed E-state index contributed by atoms with van der Waals surface area (Å²) in [6.45, 7) is 3.74. The predicted octanol–water partition coefficient (Wildman–Crippen LogP) is 4.84. The highest BCUT2D eigenvalue weighted by Crippen LogP contribution is 2.27. The van der Waals surface area contributed by atoms with Crippen LogP contribution >= 0.6 is 15.9 Å². The molecule has 0 aromatic heterocycles. The minimum atomic E-state index is 0.927. The van der Waals surface area contributed by atoms with Crippen LogP contribution in [0.4, 0.5) is 0 Å². The maximum absolute atomic E-state index is 3.74. The zero-order valence-corrected chi connectivity index (χ0v) is 10.6. The van der Waals surface area contributed by atoms with Crippen molar-refractivity contribution in [2.24, 2.45) is 0 Å². The van der Waals surface area contributed by atoms with Crippen LogP contribution in [0.3, 0.4) is 0 Å². The Hall–Kier alpha value is -1.34. The number of halogens is 1. The summed E-state index contributed by atoms with van der Waals surface area (Å²) in [6.07, 6.45) is 2.85. The lowest BCUT2D eigenvalue weighted by Crippen LogP contribution is -1.82. The first-order valence-corrected chi connectivity index (χ1v) is 6.05. The van der Waals surface area contributed by atoms with Crippen molar-refractivity contribution < 1.29 is 0 Å². The normalized spacial score (nSPS) is 10.1. The largest absolute Gasteiger partial charge is 0.103 e. The molecule has 0 spiro atoms. The number of benzene rings is 2. The molecule has 2 rings (SSSR count). The van der Waals surface area contributed by atoms with Gasteiger partial charge in [-0.3, -0.25) is 0 Å². The lowest BCUT2D eigenvalue weighted by Gasteiger charge is -2.05. The molecule has 0 fully saturated rings. The van der Waals surface area contributed by atoms with Crippen molar-refractivity contribution in [3.63, 3.8) is 0 Å². The topological polar surface area (TPSA) is 0 Å². The Bertz CT molecular complexity index is 483. The van der Waals surface area contributed by atoms with E-state index in [9.17, 15) is 0 Å². The van der Waals surface area contributed by atoms with E-state index in [4.69, 9.17) is 0 Å². The minimum absolute atomic E-state index is 0.927. The third kappa shape index (κ3) is 2.42. The first-order valence-electron chi connectivity index (χ1n) is 5.26. The molecule has 0 aliphatic carbocycles. The molecule has 0 saturated heterocycles. The van der Waals surface area contributed by atoms with Gasteiger partial charge < -0.3 is 0 Å². The van der Waals surface area contributed by atoms with Gasteiger partial charge >= 0.3 is 0 Å². The van der Waals surface area contributed by atoms with Crippen LogP contribution < -0.4 is 0 Å². The van der Waals surface area contributed by atoms with Gasteiger partial charge in [0.2, 0.25) is 0 Å². The van der Waals surface area contributed by atoms with Crippen LogP contribution in [0.15, 0.2) is 65.7 Å². The molecule has 2 aromatic carbocycles. The molecule has 16 heavy (non-hydrogen) atoms. The second-order valence-electron chi connectivity index (χ2n) is 3.67. The fourth-order valence-corrected chi connectivity index (χ4v) is 2.20. The Morgan fingerprint density at radius 1 is 1.00 bits per heavy atom. The molecule has 0 radical (unpaired) electrons. The lowest BCUT2D eigenvalue weighted by molar-refractivity contribution is 1.28. The number of rotatable bonds is 3. The number of hydrogen-bond acceptors (Lipinski definition) is 0. The Balaban J connectivity index is 2.35. The molecule has 0 aliphatic heterocycles. The number of hydrogen-bond donors (Lipinski definition) is 0. The van der Waals surface area contributed by atoms with Crippen molar-refractivity contribution in [1.82, 2.24) is 0 Å². The SMILES string of the molecule is C=CCc1ccc(-c2ccccc2Br)cc1. The lowest BCUT2D eigenvalue weighted by atomic mass is 10.0. The van der Waals surface area contributed by atoms with Crippen molar-refractivity contribution in [3.8, 4) is 11.1 Å². The van der Waals surface area contributed by atoms with Gasteiger partial charge in [-0.2, -0.15) is 0 Å². The maximum atomic E-state index is 3.74. The molecule has 0 nitrogen and oxygen atoms in total. The molecule has 0 aliphatic rings. The molecular formula is C15H13Br. The van der Waals surface area contributed by atoms with E-state index in [0.29, 0.717) is 0 Å². The van der Waals surface area contributed by atoms with Crippen LogP contribution in [-0.2, 0) is 6.42 Å². The van der Waals surface area contributed by atoms with E-state index >= 15 is 0 Å². The Kier molecular flexibility index (Phi) is 3.58. The van der Waals surface area contributed by atoms with Crippen LogP contribution in [-0.4, -0.2) is 0 Å². The number of allylic oxidation sites excluding steroid dienone is 1. The van der Waals surface area contributed by atoms with E-state index in [1.54, 1.807) is 0 Å². The summed E-state index contributed by atoms with van der Waals surface area (Å²) in [5, 5.41) is 0. The quantitative estimate of drug-likeness (QED) is 0.701. The summed E-state index contributed by atoms with van der Waals surface area (Å²) in [5.74, 6) is 0. The van der Waals surface area contributed by atoms with Gasteiger partial charge in [0.15, 0.2) is 0 Å². The average molecular weight is 273 g/mol. The summed E-state index contributed by atoms with van der Waals surface area (Å²) in [7, 11) is 0. The molecule has 0 heterocycles. The van der Waals surface area contributed by atoms with Crippen molar-refractivity contribution in [1.29, 1.82) is 0 Å². The second-order valence-corrected chi connectivity index (χ2v) is 4.52. The van der Waals surface area contributed by atoms with Gasteiger partial charge in [0.05, 0.1) is 0 Å². The summed E-state index contributed by atoms with van der Waals surface area (Å²) < 4.78 is 1.13. The minimum Gasteiger partial charge on any atom is -0.103 e. The molecule has 2 aromatic rings. The van der Waals surface area contributed by atoms with E-state index < -0.39 is 0 Å². The van der Waals surface area contributed by atoms with Crippen LogP contribution in [0.2, 0.25) is 0 Å². The molecule has 0 N–H and O–H groups in total. The summed E-state index contributed by atoms with van der Waals surface area (Å²) >= 11 is 3.57. The highest BCUT2D eigenvalue weighted by atomic mass is 79.9. The molecule has 0 bridgehead atoms. The average Bonchev–Trinajstić information content (AvgIpc) is 2.31. The van der Waals surface area contributed by atoms with Crippen molar-refractivity contribution >= 4 is 15.9 Å². The van der Waals surface area contributed by atoms with Gasteiger partial charge in [-0.05, 0) is 29.2 Å². The van der Waals surface area contributed by atoms with Gasteiger partial charge in [-0.15, -0.1) is 6.58 Å². The van der Waals surface area contributed by atoms with Crippen LogP contribution in [0, 0.1) is 0 Å². The Morgan fingerprint density at radius 2 is 1.69 bits per heavy atom. The highest BCUT2D eigenvalue weighted by molar-refractivity contribution is 9.10. The smallest absolute Gasteiger partial charge is 0.0253 e. The first-order chi connectivity index (χ1) is 7.81. The third-order valence-electron chi connectivity index (χ3n) is 2.52. The molecule has 1 heteroatoms. The van der Waals surface area contributed by atoms with Gasteiger partial charge in [0, 0.05) is 4.47 Å². The van der Waals surface area contributed by atoms with E-state index in [-0.39, 0.29) is 0 Å². The first kappa shape index (κ1) is 11.2. The Morgan fingerprint density at radius 3 is 2.31 bits per heavy atom. The second kappa shape index (κ2) is 5.13. The van der Waals surface area contributed by atoms with Gasteiger partial charge in [-0.1, -0.05) is 64.5 Å². The molecule has 80 valence electrons. The van der Waals surface area contributed by atoms with E-state index in [0.717, 1.165) is 10.9 Å². The fourth-order valence-electron chi connectivity index (χ4n) is 1.68. The fraction of sp³-hybridized carbons (Fsp3) is 0.0667. The zero-order valence-electron chi connectivity index (χ0n) is 8.99. The van der Waals surface area contributed by atoms with Crippen molar-refractivity contribution in [2.45, 2.75) is 6.42 Å². The maximum Gasteiger partial charge on any atom is 0.0253 e. The third-order valence-corrected chi connectivity index (χ3v) is 3.21. The Labute approximate surface area is 105 Å². The summed E-state index contributed by atoms with van der Waals surface area (Å²) in [4.78, 5) is 0. The zero-order chi connectivity index (χ0) is 11.4. The van der Waals surface area contributed by atoms with Crippen molar-refractivity contribution in [3.05, 3.63) is 71.2 Å². The van der Waals surface area contributed by atoms with Crippen LogP contribution in [0.1, 0.15) is 5.56 Å². The molecule has 0 atom stereocenters. The van der Waals surface area contributed by atoms with E-state index in [1.807, 2.05) is 12.1 Å².